The second-order valence-corrected chi connectivity index (χ2v) is 4.27. The Morgan fingerprint density at radius 1 is 0.950 bits per heavy atom. The van der Waals surface area contributed by atoms with Gasteiger partial charge < -0.3 is 9.84 Å². The van der Waals surface area contributed by atoms with Crippen molar-refractivity contribution in [3.63, 3.8) is 0 Å². The van der Waals surface area contributed by atoms with E-state index in [0.29, 0.717) is 5.56 Å². The summed E-state index contributed by atoms with van der Waals surface area (Å²) < 4.78 is 44.9. The third-order valence-corrected chi connectivity index (χ3v) is 2.83. The highest BCUT2D eigenvalue weighted by molar-refractivity contribution is 5.21. The standard InChI is InChI=1S/C15H13F3O2/c16-12-6-2-1-4-10(12)8-20-9-14(19)11-5-3-7-13(17)15(11)18/h1-7,14,19H,8-9H2. The van der Waals surface area contributed by atoms with Crippen LogP contribution in [-0.4, -0.2) is 11.7 Å². The molecule has 1 unspecified atom stereocenters. The van der Waals surface area contributed by atoms with Gasteiger partial charge in [-0.1, -0.05) is 30.3 Å². The quantitative estimate of drug-likeness (QED) is 0.911. The second kappa shape index (κ2) is 6.54. The van der Waals surface area contributed by atoms with Gasteiger partial charge in [-0.3, -0.25) is 0 Å². The maximum atomic E-state index is 13.4. The Labute approximate surface area is 114 Å². The second-order valence-electron chi connectivity index (χ2n) is 4.27. The lowest BCUT2D eigenvalue weighted by atomic mass is 10.1. The van der Waals surface area contributed by atoms with Crippen molar-refractivity contribution in [1.82, 2.24) is 0 Å². The van der Waals surface area contributed by atoms with Crippen LogP contribution in [0.3, 0.4) is 0 Å². The highest BCUT2D eigenvalue weighted by atomic mass is 19.2. The Morgan fingerprint density at radius 3 is 2.40 bits per heavy atom. The summed E-state index contributed by atoms with van der Waals surface area (Å²) in [4.78, 5) is 0. The molecule has 0 aliphatic heterocycles. The van der Waals surface area contributed by atoms with Crippen LogP contribution in [0.4, 0.5) is 13.2 Å². The van der Waals surface area contributed by atoms with Crippen LogP contribution in [0.5, 0.6) is 0 Å². The van der Waals surface area contributed by atoms with Crippen LogP contribution >= 0.6 is 0 Å². The molecule has 0 aliphatic carbocycles. The number of ether oxygens (including phenoxy) is 1. The molecule has 0 aromatic heterocycles. The third-order valence-electron chi connectivity index (χ3n) is 2.83. The molecule has 2 nitrogen and oxygen atoms in total. The zero-order chi connectivity index (χ0) is 14.5. The number of benzene rings is 2. The lowest BCUT2D eigenvalue weighted by Gasteiger charge is -2.13. The van der Waals surface area contributed by atoms with Crippen molar-refractivity contribution >= 4 is 0 Å². The van der Waals surface area contributed by atoms with Crippen molar-refractivity contribution in [2.75, 3.05) is 6.61 Å². The van der Waals surface area contributed by atoms with Gasteiger partial charge in [0.05, 0.1) is 13.2 Å². The molecular weight excluding hydrogens is 269 g/mol. The number of rotatable bonds is 5. The molecule has 1 N–H and O–H groups in total. The summed E-state index contributed by atoms with van der Waals surface area (Å²) in [6.07, 6.45) is -1.31. The number of hydrogen-bond donors (Lipinski definition) is 1. The fraction of sp³-hybridized carbons (Fsp3) is 0.200. The highest BCUT2D eigenvalue weighted by Gasteiger charge is 2.16. The summed E-state index contributed by atoms with van der Waals surface area (Å²) in [5, 5.41) is 9.75. The maximum Gasteiger partial charge on any atom is 0.164 e. The largest absolute Gasteiger partial charge is 0.386 e. The van der Waals surface area contributed by atoms with E-state index in [9.17, 15) is 18.3 Å². The van der Waals surface area contributed by atoms with Crippen molar-refractivity contribution in [2.24, 2.45) is 0 Å². The van der Waals surface area contributed by atoms with Crippen LogP contribution in [0, 0.1) is 17.5 Å². The molecule has 2 aromatic carbocycles. The van der Waals surface area contributed by atoms with Gasteiger partial charge in [0.2, 0.25) is 0 Å². The molecule has 1 atom stereocenters. The first kappa shape index (κ1) is 14.6. The normalized spacial score (nSPS) is 12.4. The van der Waals surface area contributed by atoms with Gasteiger partial charge in [-0.25, -0.2) is 13.2 Å². The number of aliphatic hydroxyl groups is 1. The van der Waals surface area contributed by atoms with E-state index in [0.717, 1.165) is 6.07 Å². The average Bonchev–Trinajstić information content (AvgIpc) is 2.44. The molecule has 0 bridgehead atoms. The van der Waals surface area contributed by atoms with Crippen molar-refractivity contribution in [3.8, 4) is 0 Å². The van der Waals surface area contributed by atoms with Gasteiger partial charge in [-0.15, -0.1) is 0 Å². The SMILES string of the molecule is OC(COCc1ccccc1F)c1cccc(F)c1F. The van der Waals surface area contributed by atoms with Crippen molar-refractivity contribution in [3.05, 3.63) is 71.0 Å². The number of hydrogen-bond acceptors (Lipinski definition) is 2. The first-order valence-electron chi connectivity index (χ1n) is 6.02. The van der Waals surface area contributed by atoms with E-state index >= 15 is 0 Å². The van der Waals surface area contributed by atoms with Crippen LogP contribution in [-0.2, 0) is 11.3 Å². The third kappa shape index (κ3) is 3.37. The van der Waals surface area contributed by atoms with Crippen LogP contribution in [0.1, 0.15) is 17.2 Å². The van der Waals surface area contributed by atoms with Crippen LogP contribution in [0.15, 0.2) is 42.5 Å². The minimum absolute atomic E-state index is 0.0549. The van der Waals surface area contributed by atoms with E-state index in [1.54, 1.807) is 18.2 Å². The summed E-state index contributed by atoms with van der Waals surface area (Å²) in [5.74, 6) is -2.55. The summed E-state index contributed by atoms with van der Waals surface area (Å²) in [6, 6.07) is 9.58. The fourth-order valence-corrected chi connectivity index (χ4v) is 1.76. The predicted molar refractivity (Wildman–Crippen MR) is 67.4 cm³/mol. The van der Waals surface area contributed by atoms with Crippen molar-refractivity contribution in [1.29, 1.82) is 0 Å². The predicted octanol–water partition coefficient (Wildman–Crippen LogP) is 3.35. The molecule has 5 heteroatoms. The zero-order valence-electron chi connectivity index (χ0n) is 10.5. The van der Waals surface area contributed by atoms with E-state index in [4.69, 9.17) is 4.74 Å². The van der Waals surface area contributed by atoms with Crippen LogP contribution < -0.4 is 0 Å². The Bertz CT molecular complexity index is 587. The molecular formula is C15H13F3O2. The molecule has 0 radical (unpaired) electrons. The minimum atomic E-state index is -1.31. The van der Waals surface area contributed by atoms with Gasteiger partial charge in [0, 0.05) is 11.1 Å². The van der Waals surface area contributed by atoms with E-state index in [1.807, 2.05) is 0 Å². The Balaban J connectivity index is 1.94. The monoisotopic (exact) mass is 282 g/mol. The molecule has 0 saturated heterocycles. The Hall–Kier alpha value is -1.85. The molecule has 2 rings (SSSR count). The lowest BCUT2D eigenvalue weighted by Crippen LogP contribution is -2.10. The summed E-state index contributed by atoms with van der Waals surface area (Å²) in [5.41, 5.74) is 0.151. The number of aliphatic hydroxyl groups excluding tert-OH is 1. The summed E-state index contributed by atoms with van der Waals surface area (Å²) in [6.45, 7) is -0.310. The minimum Gasteiger partial charge on any atom is -0.386 e. The highest BCUT2D eigenvalue weighted by Crippen LogP contribution is 2.20. The molecule has 0 fully saturated rings. The summed E-state index contributed by atoms with van der Waals surface area (Å²) >= 11 is 0. The zero-order valence-corrected chi connectivity index (χ0v) is 10.5. The molecule has 0 aliphatic rings. The van der Waals surface area contributed by atoms with Gasteiger partial charge >= 0.3 is 0 Å². The van der Waals surface area contributed by atoms with Gasteiger partial charge in [0.25, 0.3) is 0 Å². The van der Waals surface area contributed by atoms with E-state index in [-0.39, 0.29) is 18.8 Å². The van der Waals surface area contributed by atoms with Crippen molar-refractivity contribution in [2.45, 2.75) is 12.7 Å². The Morgan fingerprint density at radius 2 is 1.65 bits per heavy atom. The van der Waals surface area contributed by atoms with Crippen LogP contribution in [0.2, 0.25) is 0 Å². The Kier molecular flexibility index (Phi) is 4.76. The molecule has 0 saturated carbocycles. The van der Waals surface area contributed by atoms with Gasteiger partial charge in [0.1, 0.15) is 11.9 Å². The van der Waals surface area contributed by atoms with E-state index in [2.05, 4.69) is 0 Å². The average molecular weight is 282 g/mol. The molecule has 106 valence electrons. The molecule has 0 amide bonds. The van der Waals surface area contributed by atoms with Gasteiger partial charge in [0.15, 0.2) is 11.6 Å². The van der Waals surface area contributed by atoms with Crippen LogP contribution in [0.25, 0.3) is 0 Å². The van der Waals surface area contributed by atoms with Crippen molar-refractivity contribution < 1.29 is 23.0 Å². The molecule has 2 aromatic rings. The van der Waals surface area contributed by atoms with Gasteiger partial charge in [-0.2, -0.15) is 0 Å². The first-order chi connectivity index (χ1) is 9.59. The maximum absolute atomic E-state index is 13.4. The van der Waals surface area contributed by atoms with E-state index < -0.39 is 23.6 Å². The summed E-state index contributed by atoms with van der Waals surface area (Å²) in [7, 11) is 0. The fourth-order valence-electron chi connectivity index (χ4n) is 1.76. The molecule has 20 heavy (non-hydrogen) atoms. The van der Waals surface area contributed by atoms with E-state index in [1.165, 1.54) is 18.2 Å². The molecule has 0 spiro atoms. The molecule has 0 heterocycles. The first-order valence-corrected chi connectivity index (χ1v) is 6.02. The topological polar surface area (TPSA) is 29.5 Å². The number of halogens is 3. The lowest BCUT2D eigenvalue weighted by molar-refractivity contribution is 0.0248. The van der Waals surface area contributed by atoms with Gasteiger partial charge in [-0.05, 0) is 12.1 Å². The smallest absolute Gasteiger partial charge is 0.164 e.